The minimum absolute atomic E-state index is 0.0187. The molecule has 30 heavy (non-hydrogen) atoms. The molecule has 2 aliphatic rings. The summed E-state index contributed by atoms with van der Waals surface area (Å²) in [5.41, 5.74) is 0.744. The highest BCUT2D eigenvalue weighted by atomic mass is 16.5. The second-order valence-corrected chi connectivity index (χ2v) is 8.47. The molecule has 1 aliphatic carbocycles. The van der Waals surface area contributed by atoms with Crippen molar-refractivity contribution >= 4 is 23.4 Å². The molecule has 0 spiro atoms. The largest absolute Gasteiger partial charge is 0.497 e. The number of methoxy groups -OCH3 is 1. The van der Waals surface area contributed by atoms with Gasteiger partial charge in [-0.25, -0.2) is 0 Å². The van der Waals surface area contributed by atoms with Crippen molar-refractivity contribution < 1.29 is 19.1 Å². The molecule has 7 heteroatoms. The number of hydrogen-bond donors (Lipinski definition) is 2. The van der Waals surface area contributed by atoms with Crippen LogP contribution in [-0.4, -0.2) is 43.5 Å². The molecular formula is C23H33N3O4. The first-order valence-corrected chi connectivity index (χ1v) is 11.0. The van der Waals surface area contributed by atoms with Gasteiger partial charge in [0, 0.05) is 24.7 Å². The Labute approximate surface area is 178 Å². The van der Waals surface area contributed by atoms with Crippen LogP contribution in [0.5, 0.6) is 5.75 Å². The minimum atomic E-state index is -0.576. The molecule has 1 heterocycles. The van der Waals surface area contributed by atoms with E-state index >= 15 is 0 Å². The molecule has 1 aliphatic heterocycles. The zero-order valence-electron chi connectivity index (χ0n) is 18.1. The van der Waals surface area contributed by atoms with E-state index in [-0.39, 0.29) is 36.1 Å². The van der Waals surface area contributed by atoms with E-state index in [2.05, 4.69) is 10.6 Å². The standard InChI is InChI=1S/C23H33N3O4/c1-4-15(2)21(23(29)24-17-7-5-6-8-17)25-22(28)16-13-20(27)26(14-16)18-9-11-19(30-3)12-10-18/h9-12,15-17,21H,4-8,13-14H2,1-3H3,(H,24,29)(H,25,28)/t15-,16+,21-/m0/s1. The minimum Gasteiger partial charge on any atom is -0.497 e. The lowest BCUT2D eigenvalue weighted by molar-refractivity contribution is -0.132. The van der Waals surface area contributed by atoms with E-state index in [0.717, 1.165) is 37.8 Å². The van der Waals surface area contributed by atoms with E-state index in [1.807, 2.05) is 26.0 Å². The van der Waals surface area contributed by atoms with Crippen LogP contribution in [0, 0.1) is 11.8 Å². The first-order chi connectivity index (χ1) is 14.4. The van der Waals surface area contributed by atoms with Gasteiger partial charge in [-0.15, -0.1) is 0 Å². The summed E-state index contributed by atoms with van der Waals surface area (Å²) in [5.74, 6) is -0.164. The molecular weight excluding hydrogens is 382 g/mol. The number of ether oxygens (including phenoxy) is 1. The summed E-state index contributed by atoms with van der Waals surface area (Å²) in [7, 11) is 1.59. The fourth-order valence-corrected chi connectivity index (χ4v) is 4.23. The summed E-state index contributed by atoms with van der Waals surface area (Å²) in [6.45, 7) is 4.30. The quantitative estimate of drug-likeness (QED) is 0.683. The van der Waals surface area contributed by atoms with Crippen LogP contribution in [-0.2, 0) is 14.4 Å². The second-order valence-electron chi connectivity index (χ2n) is 8.47. The van der Waals surface area contributed by atoms with Crippen molar-refractivity contribution in [2.24, 2.45) is 11.8 Å². The highest BCUT2D eigenvalue weighted by molar-refractivity contribution is 6.01. The van der Waals surface area contributed by atoms with Crippen LogP contribution in [0.15, 0.2) is 24.3 Å². The summed E-state index contributed by atoms with van der Waals surface area (Å²) in [5, 5.41) is 6.05. The first kappa shape index (κ1) is 22.1. The summed E-state index contributed by atoms with van der Waals surface area (Å²) in [6.07, 6.45) is 5.20. The third-order valence-electron chi connectivity index (χ3n) is 6.37. The molecule has 0 unspecified atom stereocenters. The normalized spacial score (nSPS) is 21.4. The third-order valence-corrected chi connectivity index (χ3v) is 6.37. The van der Waals surface area contributed by atoms with Gasteiger partial charge in [0.25, 0.3) is 0 Å². The predicted octanol–water partition coefficient (Wildman–Crippen LogP) is 2.64. The van der Waals surface area contributed by atoms with Gasteiger partial charge in [-0.2, -0.15) is 0 Å². The van der Waals surface area contributed by atoms with Gasteiger partial charge < -0.3 is 20.3 Å². The molecule has 1 aromatic carbocycles. The molecule has 1 aromatic rings. The van der Waals surface area contributed by atoms with Gasteiger partial charge in [-0.05, 0) is 43.0 Å². The first-order valence-electron chi connectivity index (χ1n) is 11.0. The average molecular weight is 416 g/mol. The van der Waals surface area contributed by atoms with Gasteiger partial charge in [-0.3, -0.25) is 14.4 Å². The van der Waals surface area contributed by atoms with E-state index in [0.29, 0.717) is 12.3 Å². The Morgan fingerprint density at radius 1 is 1.20 bits per heavy atom. The molecule has 3 rings (SSSR count). The average Bonchev–Trinajstić information content (AvgIpc) is 3.40. The van der Waals surface area contributed by atoms with Gasteiger partial charge in [0.05, 0.1) is 13.0 Å². The Bertz CT molecular complexity index is 758. The molecule has 0 radical (unpaired) electrons. The molecule has 1 saturated heterocycles. The van der Waals surface area contributed by atoms with Crippen molar-refractivity contribution in [1.82, 2.24) is 10.6 Å². The number of rotatable bonds is 8. The molecule has 2 fully saturated rings. The van der Waals surface area contributed by atoms with E-state index in [9.17, 15) is 14.4 Å². The SMILES string of the molecule is CC[C@H](C)[C@H](NC(=O)[C@@H]1CC(=O)N(c2ccc(OC)cc2)C1)C(=O)NC1CCCC1. The molecule has 164 valence electrons. The summed E-state index contributed by atoms with van der Waals surface area (Å²) in [6, 6.07) is 6.85. The van der Waals surface area contributed by atoms with E-state index < -0.39 is 12.0 Å². The van der Waals surface area contributed by atoms with E-state index in [1.54, 1.807) is 24.1 Å². The van der Waals surface area contributed by atoms with Gasteiger partial charge in [0.1, 0.15) is 11.8 Å². The summed E-state index contributed by atoms with van der Waals surface area (Å²) in [4.78, 5) is 39.9. The van der Waals surface area contributed by atoms with Crippen LogP contribution in [0.2, 0.25) is 0 Å². The van der Waals surface area contributed by atoms with Crippen molar-refractivity contribution in [3.05, 3.63) is 24.3 Å². The van der Waals surface area contributed by atoms with Gasteiger partial charge >= 0.3 is 0 Å². The highest BCUT2D eigenvalue weighted by Crippen LogP contribution is 2.27. The highest BCUT2D eigenvalue weighted by Gasteiger charge is 2.37. The third kappa shape index (κ3) is 5.12. The van der Waals surface area contributed by atoms with Crippen LogP contribution in [0.25, 0.3) is 0 Å². The maximum absolute atomic E-state index is 13.0. The van der Waals surface area contributed by atoms with Crippen LogP contribution in [0.1, 0.15) is 52.4 Å². The van der Waals surface area contributed by atoms with Gasteiger partial charge in [0.15, 0.2) is 0 Å². The molecule has 7 nitrogen and oxygen atoms in total. The Balaban J connectivity index is 1.63. The fraction of sp³-hybridized carbons (Fsp3) is 0.609. The van der Waals surface area contributed by atoms with E-state index in [4.69, 9.17) is 4.74 Å². The number of anilines is 1. The Morgan fingerprint density at radius 2 is 1.87 bits per heavy atom. The van der Waals surface area contributed by atoms with Crippen LogP contribution < -0.4 is 20.3 Å². The zero-order valence-corrected chi connectivity index (χ0v) is 18.1. The van der Waals surface area contributed by atoms with Crippen molar-refractivity contribution in [3.8, 4) is 5.75 Å². The molecule has 1 saturated carbocycles. The fourth-order valence-electron chi connectivity index (χ4n) is 4.23. The van der Waals surface area contributed by atoms with Gasteiger partial charge in [0.2, 0.25) is 17.7 Å². The Morgan fingerprint density at radius 3 is 2.47 bits per heavy atom. The van der Waals surface area contributed by atoms with Crippen molar-refractivity contribution in [1.29, 1.82) is 0 Å². The molecule has 3 amide bonds. The predicted molar refractivity (Wildman–Crippen MR) is 115 cm³/mol. The van der Waals surface area contributed by atoms with Crippen LogP contribution >= 0.6 is 0 Å². The lowest BCUT2D eigenvalue weighted by Gasteiger charge is -2.26. The van der Waals surface area contributed by atoms with E-state index in [1.165, 1.54) is 0 Å². The topological polar surface area (TPSA) is 87.7 Å². The van der Waals surface area contributed by atoms with Gasteiger partial charge in [-0.1, -0.05) is 33.1 Å². The smallest absolute Gasteiger partial charge is 0.243 e. The Hall–Kier alpha value is -2.57. The van der Waals surface area contributed by atoms with Crippen LogP contribution in [0.3, 0.4) is 0 Å². The molecule has 0 aromatic heterocycles. The van der Waals surface area contributed by atoms with Crippen LogP contribution in [0.4, 0.5) is 5.69 Å². The van der Waals surface area contributed by atoms with Crippen molar-refractivity contribution in [3.63, 3.8) is 0 Å². The maximum Gasteiger partial charge on any atom is 0.243 e. The number of carbonyl (C=O) groups is 3. The lowest BCUT2D eigenvalue weighted by Crippen LogP contribution is -2.53. The number of carbonyl (C=O) groups excluding carboxylic acids is 3. The summed E-state index contributed by atoms with van der Waals surface area (Å²) < 4.78 is 5.16. The Kier molecular flexibility index (Phi) is 7.34. The zero-order chi connectivity index (χ0) is 21.7. The number of nitrogens with zero attached hydrogens (tertiary/aromatic N) is 1. The lowest BCUT2D eigenvalue weighted by atomic mass is 9.96. The number of nitrogens with one attached hydrogen (secondary N) is 2. The number of hydrogen-bond acceptors (Lipinski definition) is 4. The molecule has 3 atom stereocenters. The molecule has 2 N–H and O–H groups in total. The van der Waals surface area contributed by atoms with Crippen molar-refractivity contribution in [2.75, 3.05) is 18.6 Å². The second kappa shape index (κ2) is 9.96. The van der Waals surface area contributed by atoms with Crippen molar-refractivity contribution in [2.45, 2.75) is 64.5 Å². The molecule has 0 bridgehead atoms. The number of amides is 3. The maximum atomic E-state index is 13.0. The number of benzene rings is 1. The monoisotopic (exact) mass is 415 g/mol. The summed E-state index contributed by atoms with van der Waals surface area (Å²) >= 11 is 0.